The summed E-state index contributed by atoms with van der Waals surface area (Å²) < 4.78 is 41.2. The monoisotopic (exact) mass is 464 g/mol. The Bertz CT molecular complexity index is 1110. The number of hydrogen-bond donors (Lipinski definition) is 1. The number of anilines is 1. The number of likely N-dealkylation sites (N-methyl/N-ethyl adjacent to an activating group) is 1. The van der Waals surface area contributed by atoms with E-state index >= 15 is 0 Å². The van der Waals surface area contributed by atoms with Crippen LogP contribution in [0.15, 0.2) is 41.3 Å². The molecular weight excluding hydrogens is 440 g/mol. The molecule has 2 aromatic rings. The molecule has 32 heavy (non-hydrogen) atoms. The van der Waals surface area contributed by atoms with Gasteiger partial charge in [0.05, 0.1) is 39.0 Å². The third kappa shape index (κ3) is 5.62. The molecule has 0 saturated heterocycles. The molecule has 11 heteroatoms. The molecule has 0 aliphatic rings. The van der Waals surface area contributed by atoms with Crippen LogP contribution in [0.2, 0.25) is 0 Å². The zero-order chi connectivity index (χ0) is 24.1. The second-order valence-electron chi connectivity index (χ2n) is 6.75. The molecule has 2 aromatic carbocycles. The maximum atomic E-state index is 13.0. The lowest BCUT2D eigenvalue weighted by atomic mass is 10.1. The van der Waals surface area contributed by atoms with Crippen molar-refractivity contribution in [2.75, 3.05) is 40.2 Å². The Balaban J connectivity index is 2.27. The quantitative estimate of drug-likeness (QED) is 0.586. The lowest BCUT2D eigenvalue weighted by molar-refractivity contribution is -0.116. The number of methoxy groups -OCH3 is 3. The van der Waals surface area contributed by atoms with Gasteiger partial charge in [-0.15, -0.1) is 0 Å². The Morgan fingerprint density at radius 3 is 2.00 bits per heavy atom. The Morgan fingerprint density at radius 1 is 0.938 bits per heavy atom. The summed E-state index contributed by atoms with van der Waals surface area (Å²) in [5.41, 5.74) is 0.821. The van der Waals surface area contributed by atoms with Gasteiger partial charge in [0.1, 0.15) is 10.6 Å². The molecule has 0 fully saturated rings. The SMILES string of the molecule is COC(=O)c1cc(NC(=O)CN(C)S(=O)(=O)c2cc(C)ccc2OC)cc(C(=O)OC)c1. The molecule has 0 saturated carbocycles. The van der Waals surface area contributed by atoms with Crippen molar-refractivity contribution in [3.8, 4) is 5.75 Å². The summed E-state index contributed by atoms with van der Waals surface area (Å²) in [4.78, 5) is 36.2. The minimum Gasteiger partial charge on any atom is -0.495 e. The van der Waals surface area contributed by atoms with Crippen LogP contribution in [0.25, 0.3) is 0 Å². The van der Waals surface area contributed by atoms with Crippen LogP contribution in [0.1, 0.15) is 26.3 Å². The van der Waals surface area contributed by atoms with Gasteiger partial charge in [0.25, 0.3) is 0 Å². The summed E-state index contributed by atoms with van der Waals surface area (Å²) in [7, 11) is 0.902. The molecule has 0 bridgehead atoms. The number of sulfonamides is 1. The lowest BCUT2D eigenvalue weighted by Crippen LogP contribution is -2.35. The average molecular weight is 464 g/mol. The normalized spacial score (nSPS) is 11.1. The highest BCUT2D eigenvalue weighted by atomic mass is 32.2. The van der Waals surface area contributed by atoms with E-state index in [2.05, 4.69) is 14.8 Å². The molecule has 0 unspecified atom stereocenters. The predicted molar refractivity (Wildman–Crippen MR) is 115 cm³/mol. The van der Waals surface area contributed by atoms with Crippen molar-refractivity contribution >= 4 is 33.6 Å². The van der Waals surface area contributed by atoms with Crippen molar-refractivity contribution in [2.24, 2.45) is 0 Å². The maximum Gasteiger partial charge on any atom is 0.337 e. The predicted octanol–water partition coefficient (Wildman–Crippen LogP) is 1.84. The number of esters is 2. The average Bonchev–Trinajstić information content (AvgIpc) is 2.77. The van der Waals surface area contributed by atoms with Crippen molar-refractivity contribution in [2.45, 2.75) is 11.8 Å². The van der Waals surface area contributed by atoms with Crippen molar-refractivity contribution in [1.29, 1.82) is 0 Å². The number of nitrogens with one attached hydrogen (secondary N) is 1. The Labute approximate surface area is 186 Å². The first kappa shape index (κ1) is 24.8. The molecule has 0 heterocycles. The summed E-state index contributed by atoms with van der Waals surface area (Å²) in [6.07, 6.45) is 0. The van der Waals surface area contributed by atoms with Crippen LogP contribution in [0.4, 0.5) is 5.69 Å². The number of rotatable bonds is 8. The van der Waals surface area contributed by atoms with Crippen molar-refractivity contribution < 1.29 is 37.0 Å². The van der Waals surface area contributed by atoms with Gasteiger partial charge in [0, 0.05) is 12.7 Å². The fourth-order valence-corrected chi connectivity index (χ4v) is 4.18. The molecule has 0 spiro atoms. The number of aryl methyl sites for hydroxylation is 1. The number of carbonyl (C=O) groups is 3. The van der Waals surface area contributed by atoms with E-state index in [-0.39, 0.29) is 27.5 Å². The minimum atomic E-state index is -4.04. The molecule has 0 aromatic heterocycles. The van der Waals surface area contributed by atoms with Gasteiger partial charge in [-0.2, -0.15) is 4.31 Å². The molecule has 0 aliphatic heterocycles. The van der Waals surface area contributed by atoms with Crippen LogP contribution in [-0.4, -0.2) is 65.5 Å². The van der Waals surface area contributed by atoms with E-state index in [0.717, 1.165) is 4.31 Å². The van der Waals surface area contributed by atoms with Crippen LogP contribution in [0.5, 0.6) is 5.75 Å². The highest BCUT2D eigenvalue weighted by Crippen LogP contribution is 2.27. The minimum absolute atomic E-state index is 0.0103. The van der Waals surface area contributed by atoms with Gasteiger partial charge < -0.3 is 19.5 Å². The van der Waals surface area contributed by atoms with E-state index in [9.17, 15) is 22.8 Å². The molecule has 1 N–H and O–H groups in total. The van der Waals surface area contributed by atoms with Crippen LogP contribution in [0.3, 0.4) is 0 Å². The van der Waals surface area contributed by atoms with E-state index in [4.69, 9.17) is 4.74 Å². The zero-order valence-corrected chi connectivity index (χ0v) is 19.1. The van der Waals surface area contributed by atoms with Crippen molar-refractivity contribution in [3.05, 3.63) is 53.1 Å². The Hall–Kier alpha value is -3.44. The van der Waals surface area contributed by atoms with Gasteiger partial charge in [0.15, 0.2) is 0 Å². The number of carbonyl (C=O) groups excluding carboxylic acids is 3. The topological polar surface area (TPSA) is 128 Å². The molecule has 1 amide bonds. The number of benzene rings is 2. The molecule has 172 valence electrons. The standard InChI is InChI=1S/C21H24N2O8S/c1-13-6-7-17(29-3)18(8-13)32(27,28)23(2)12-19(24)22-16-10-14(20(25)30-4)9-15(11-16)21(26)31-5/h6-11H,12H2,1-5H3,(H,22,24). The zero-order valence-electron chi connectivity index (χ0n) is 18.3. The first-order chi connectivity index (χ1) is 15.0. The van der Waals surface area contributed by atoms with Gasteiger partial charge in [-0.1, -0.05) is 6.07 Å². The van der Waals surface area contributed by atoms with Crippen LogP contribution in [0, 0.1) is 6.92 Å². The largest absolute Gasteiger partial charge is 0.495 e. The smallest absolute Gasteiger partial charge is 0.337 e. The summed E-state index contributed by atoms with van der Waals surface area (Å²) >= 11 is 0. The Morgan fingerprint density at radius 2 is 1.50 bits per heavy atom. The van der Waals surface area contributed by atoms with Gasteiger partial charge in [-0.05, 0) is 42.8 Å². The second-order valence-corrected chi connectivity index (χ2v) is 8.76. The Kier molecular flexibility index (Phi) is 7.95. The van der Waals surface area contributed by atoms with Crippen molar-refractivity contribution in [1.82, 2.24) is 4.31 Å². The molecule has 2 rings (SSSR count). The fourth-order valence-electron chi connectivity index (χ4n) is 2.81. The van der Waals surface area contributed by atoms with Crippen LogP contribution >= 0.6 is 0 Å². The number of hydrogen-bond acceptors (Lipinski definition) is 8. The third-order valence-electron chi connectivity index (χ3n) is 4.43. The second kappa shape index (κ2) is 10.2. The molecule has 0 atom stereocenters. The van der Waals surface area contributed by atoms with E-state index in [1.807, 2.05) is 0 Å². The first-order valence-electron chi connectivity index (χ1n) is 9.26. The summed E-state index contributed by atoms with van der Waals surface area (Å²) in [6, 6.07) is 8.54. The molecular formula is C21H24N2O8S. The fraction of sp³-hybridized carbons (Fsp3) is 0.286. The van der Waals surface area contributed by atoms with E-state index in [1.165, 1.54) is 58.7 Å². The first-order valence-corrected chi connectivity index (χ1v) is 10.7. The summed E-state index contributed by atoms with van der Waals surface area (Å²) in [5.74, 6) is -1.99. The van der Waals surface area contributed by atoms with E-state index in [0.29, 0.717) is 5.56 Å². The lowest BCUT2D eigenvalue weighted by Gasteiger charge is -2.19. The molecule has 10 nitrogen and oxygen atoms in total. The molecule has 0 aliphatic carbocycles. The highest BCUT2D eigenvalue weighted by molar-refractivity contribution is 7.89. The van der Waals surface area contributed by atoms with Gasteiger partial charge in [0.2, 0.25) is 15.9 Å². The third-order valence-corrected chi connectivity index (χ3v) is 6.26. The van der Waals surface area contributed by atoms with Gasteiger partial charge in [-0.25, -0.2) is 18.0 Å². The van der Waals surface area contributed by atoms with E-state index < -0.39 is 34.4 Å². The van der Waals surface area contributed by atoms with Gasteiger partial charge >= 0.3 is 11.9 Å². The van der Waals surface area contributed by atoms with Gasteiger partial charge in [-0.3, -0.25) is 4.79 Å². The maximum absolute atomic E-state index is 13.0. The molecule has 0 radical (unpaired) electrons. The van der Waals surface area contributed by atoms with Crippen LogP contribution in [-0.2, 0) is 24.3 Å². The van der Waals surface area contributed by atoms with Crippen LogP contribution < -0.4 is 10.1 Å². The number of amides is 1. The number of ether oxygens (including phenoxy) is 3. The highest BCUT2D eigenvalue weighted by Gasteiger charge is 2.27. The summed E-state index contributed by atoms with van der Waals surface area (Å²) in [5, 5.41) is 2.48. The number of nitrogens with zero attached hydrogens (tertiary/aromatic N) is 1. The van der Waals surface area contributed by atoms with E-state index in [1.54, 1.807) is 13.0 Å². The summed E-state index contributed by atoms with van der Waals surface area (Å²) in [6.45, 7) is 1.20. The van der Waals surface area contributed by atoms with Crippen molar-refractivity contribution in [3.63, 3.8) is 0 Å².